The number of nitrogens with one attached hydrogen (secondary N) is 1. The molecule has 256 valence electrons. The Hall–Kier alpha value is -3.35. The predicted octanol–water partition coefficient (Wildman–Crippen LogP) is 10.0. The Bertz CT molecular complexity index is 1390. The van der Waals surface area contributed by atoms with E-state index >= 15 is 0 Å². The Morgan fingerprint density at radius 1 is 1.06 bits per heavy atom. The van der Waals surface area contributed by atoms with E-state index in [4.69, 9.17) is 22.1 Å². The number of aliphatic hydroxyl groups excluding tert-OH is 1. The number of anilines is 1. The summed E-state index contributed by atoms with van der Waals surface area (Å²) in [4.78, 5) is 29.5. The molecule has 1 aromatic heterocycles. The van der Waals surface area contributed by atoms with Gasteiger partial charge in [-0.05, 0) is 105 Å². The normalized spacial score (nSPS) is 17.7. The second-order valence-corrected chi connectivity index (χ2v) is 13.4. The average molecular weight is 662 g/mol. The van der Waals surface area contributed by atoms with E-state index in [9.17, 15) is 9.59 Å². The molecule has 3 aliphatic rings. The molecule has 1 aromatic carbocycles. The number of para-hydroxylation sites is 1. The molecule has 0 spiro atoms. The Balaban J connectivity index is 0.000000305. The number of allylic oxidation sites excluding steroid dienone is 6. The number of carbonyl (C=O) groups excluding carboxylic acids is 2. The van der Waals surface area contributed by atoms with Gasteiger partial charge in [0.05, 0.1) is 5.69 Å². The van der Waals surface area contributed by atoms with Gasteiger partial charge in [0.1, 0.15) is 11.5 Å². The molecule has 2 aromatic rings. The summed E-state index contributed by atoms with van der Waals surface area (Å²) in [5.41, 5.74) is 4.79. The van der Waals surface area contributed by atoms with Crippen molar-refractivity contribution >= 4 is 40.8 Å². The number of Topliss-reactive ketones (excluding diaryl/α,β-unsaturated/α-hetero) is 1. The van der Waals surface area contributed by atoms with Crippen molar-refractivity contribution in [3.8, 4) is 0 Å². The smallest absolute Gasteiger partial charge is 0.276 e. The Morgan fingerprint density at radius 2 is 1.72 bits per heavy atom. The van der Waals surface area contributed by atoms with Crippen LogP contribution in [0.4, 0.5) is 5.69 Å². The minimum Gasteiger partial charge on any atom is -0.397 e. The van der Waals surface area contributed by atoms with E-state index in [1.165, 1.54) is 43.9 Å². The van der Waals surface area contributed by atoms with Gasteiger partial charge < -0.3 is 20.2 Å². The molecular formula is C40H56ClN3O3. The lowest BCUT2D eigenvalue weighted by atomic mass is 9.71. The molecule has 0 saturated heterocycles. The molecule has 1 saturated carbocycles. The molecule has 5 rings (SSSR count). The zero-order chi connectivity index (χ0) is 34.8. The summed E-state index contributed by atoms with van der Waals surface area (Å²) in [5.74, 6) is 1.46. The maximum Gasteiger partial charge on any atom is 0.276 e. The summed E-state index contributed by atoms with van der Waals surface area (Å²) >= 11 is 6.39. The molecule has 1 fully saturated rings. The van der Waals surface area contributed by atoms with Crippen LogP contribution in [0.1, 0.15) is 115 Å². The molecule has 2 aliphatic carbocycles. The van der Waals surface area contributed by atoms with Crippen LogP contribution in [0.5, 0.6) is 0 Å². The zero-order valence-corrected chi connectivity index (χ0v) is 30.2. The number of aryl methyl sites for hydroxylation is 1. The van der Waals surface area contributed by atoms with Gasteiger partial charge in [-0.2, -0.15) is 0 Å². The summed E-state index contributed by atoms with van der Waals surface area (Å²) in [5, 5.41) is 15.3. The molecule has 2 heterocycles. The van der Waals surface area contributed by atoms with E-state index < -0.39 is 0 Å². The largest absolute Gasteiger partial charge is 0.397 e. The van der Waals surface area contributed by atoms with Crippen molar-refractivity contribution in [1.82, 2.24) is 4.98 Å². The van der Waals surface area contributed by atoms with E-state index in [-0.39, 0.29) is 23.7 Å². The van der Waals surface area contributed by atoms with Crippen LogP contribution >= 0.6 is 11.6 Å². The fourth-order valence-electron chi connectivity index (χ4n) is 5.95. The molecule has 1 aliphatic heterocycles. The first kappa shape index (κ1) is 39.8. The number of carbonyl (C=O) groups is 2. The number of hydrogen-bond donors (Lipinski definition) is 2. The highest BCUT2D eigenvalue weighted by Crippen LogP contribution is 2.39. The lowest BCUT2D eigenvalue weighted by molar-refractivity contribution is -0.116. The summed E-state index contributed by atoms with van der Waals surface area (Å²) in [7, 11) is 0. The lowest BCUT2D eigenvalue weighted by Crippen LogP contribution is -2.36. The molecule has 0 bridgehead atoms. The Morgan fingerprint density at radius 3 is 2.36 bits per heavy atom. The highest BCUT2D eigenvalue weighted by atomic mass is 35.5. The summed E-state index contributed by atoms with van der Waals surface area (Å²) in [6.07, 6.45) is 19.9. The number of aliphatic hydroxyl groups is 1. The minimum atomic E-state index is -0.0462. The second kappa shape index (κ2) is 20.8. The van der Waals surface area contributed by atoms with Crippen LogP contribution in [0.2, 0.25) is 0 Å². The van der Waals surface area contributed by atoms with Crippen molar-refractivity contribution in [2.75, 3.05) is 18.1 Å². The van der Waals surface area contributed by atoms with Crippen LogP contribution < -0.4 is 4.90 Å². The second-order valence-electron chi connectivity index (χ2n) is 13.0. The van der Waals surface area contributed by atoms with Crippen molar-refractivity contribution in [3.05, 3.63) is 88.8 Å². The van der Waals surface area contributed by atoms with E-state index in [0.29, 0.717) is 23.1 Å². The monoisotopic (exact) mass is 661 g/mol. The minimum absolute atomic E-state index is 0.0462. The number of nitrogens with zero attached hydrogens (tertiary/aromatic N) is 2. The highest BCUT2D eigenvalue weighted by Gasteiger charge is 2.28. The number of hydrogen-bond acceptors (Lipinski definition) is 5. The van der Waals surface area contributed by atoms with Crippen LogP contribution in [0.25, 0.3) is 5.57 Å². The molecule has 6 nitrogen and oxygen atoms in total. The molecule has 0 radical (unpaired) electrons. The molecule has 47 heavy (non-hydrogen) atoms. The third-order valence-corrected chi connectivity index (χ3v) is 9.15. The van der Waals surface area contributed by atoms with Gasteiger partial charge in [-0.1, -0.05) is 95.0 Å². The summed E-state index contributed by atoms with van der Waals surface area (Å²) in [6.45, 7) is 12.8. The van der Waals surface area contributed by atoms with Crippen molar-refractivity contribution < 1.29 is 14.7 Å². The maximum absolute atomic E-state index is 13.1. The number of pyridine rings is 1. The van der Waals surface area contributed by atoms with Crippen LogP contribution in [-0.2, 0) is 11.2 Å². The quantitative estimate of drug-likeness (QED) is 0.301. The molecule has 2 N–H and O–H groups in total. The van der Waals surface area contributed by atoms with Crippen LogP contribution in [-0.4, -0.2) is 41.1 Å². The molecule has 7 heteroatoms. The van der Waals surface area contributed by atoms with Crippen molar-refractivity contribution in [3.63, 3.8) is 0 Å². The third-order valence-electron chi connectivity index (χ3n) is 8.80. The highest BCUT2D eigenvalue weighted by molar-refractivity contribution is 6.34. The third kappa shape index (κ3) is 13.0. The fraction of sp³-hybridized carbons (Fsp3) is 0.500. The predicted molar refractivity (Wildman–Crippen MR) is 198 cm³/mol. The Labute approximate surface area is 288 Å². The van der Waals surface area contributed by atoms with Gasteiger partial charge in [0.2, 0.25) is 0 Å². The van der Waals surface area contributed by atoms with E-state index in [2.05, 4.69) is 44.0 Å². The van der Waals surface area contributed by atoms with Gasteiger partial charge in [0.15, 0.2) is 0 Å². The van der Waals surface area contributed by atoms with E-state index in [1.54, 1.807) is 19.9 Å². The van der Waals surface area contributed by atoms with Crippen molar-refractivity contribution in [1.29, 1.82) is 5.41 Å². The number of benzene rings is 1. The van der Waals surface area contributed by atoms with E-state index in [0.717, 1.165) is 48.7 Å². The summed E-state index contributed by atoms with van der Waals surface area (Å²) < 4.78 is 0. The molecular weight excluding hydrogens is 606 g/mol. The van der Waals surface area contributed by atoms with Gasteiger partial charge in [-0.25, -0.2) is 4.98 Å². The van der Waals surface area contributed by atoms with Gasteiger partial charge in [-0.3, -0.25) is 4.79 Å². The number of rotatable bonds is 6. The number of amides is 1. The SMILES string of the molecule is CC(C)(/C=C\C=N)C1CCCCC1.CC1C=CC(Cl)=C(c2cccc(C(=O)N3CCCc4ccccc43)n2)C1.CCC(C)=O.CCO. The van der Waals surface area contributed by atoms with Gasteiger partial charge >= 0.3 is 0 Å². The van der Waals surface area contributed by atoms with E-state index in [1.807, 2.05) is 54.3 Å². The zero-order valence-electron chi connectivity index (χ0n) is 29.4. The maximum atomic E-state index is 13.1. The van der Waals surface area contributed by atoms with Crippen molar-refractivity contribution in [2.24, 2.45) is 17.3 Å². The number of ketones is 1. The number of halogens is 1. The lowest BCUT2D eigenvalue weighted by Gasteiger charge is -2.34. The van der Waals surface area contributed by atoms with Crippen LogP contribution in [0.3, 0.4) is 0 Å². The van der Waals surface area contributed by atoms with Gasteiger partial charge in [0, 0.05) is 36.5 Å². The summed E-state index contributed by atoms with van der Waals surface area (Å²) in [6, 6.07) is 13.7. The van der Waals surface area contributed by atoms with Crippen LogP contribution in [0.15, 0.2) is 71.8 Å². The first-order valence-electron chi connectivity index (χ1n) is 17.2. The number of fused-ring (bicyclic) bond motifs is 1. The first-order valence-corrected chi connectivity index (χ1v) is 17.6. The Kier molecular flexibility index (Phi) is 17.6. The average Bonchev–Trinajstić information content (AvgIpc) is 3.09. The molecule has 1 unspecified atom stereocenters. The fourth-order valence-corrected chi connectivity index (χ4v) is 6.19. The van der Waals surface area contributed by atoms with Crippen molar-refractivity contribution in [2.45, 2.75) is 99.3 Å². The standard InChI is InChI=1S/C22H21ClN2O.C12H21N.C4H8O.C2H6O/c1-15-11-12-18(23)17(14-15)19-8-4-9-20(24-19)22(26)25-13-5-7-16-6-2-3-10-21(16)25;1-12(2,9-6-10-13)11-7-4-3-5-8-11;1-3-4(2)5;1-2-3/h2-4,6,8-12,15H,5,7,13-14H2,1H3;6,9-11,13H,3-5,7-8H2,1-2H3;3H2,1-2H3;3H,2H2,1H3/b;9-6-,13-10?;;. The molecule has 1 amide bonds. The molecule has 1 atom stereocenters. The van der Waals surface area contributed by atoms with Gasteiger partial charge in [0.25, 0.3) is 5.91 Å². The topological polar surface area (TPSA) is 94.4 Å². The first-order chi connectivity index (χ1) is 22.5. The number of aromatic nitrogens is 1. The van der Waals surface area contributed by atoms with Gasteiger partial charge in [-0.15, -0.1) is 0 Å². The van der Waals surface area contributed by atoms with Crippen LogP contribution in [0, 0.1) is 22.7 Å².